The Hall–Kier alpha value is -3.39. The summed E-state index contributed by atoms with van der Waals surface area (Å²) in [5.74, 6) is 0.352. The third-order valence-corrected chi connectivity index (χ3v) is 4.40. The van der Waals surface area contributed by atoms with Gasteiger partial charge in [-0.2, -0.15) is 4.98 Å². The summed E-state index contributed by atoms with van der Waals surface area (Å²) in [4.78, 5) is 28.6. The zero-order valence-corrected chi connectivity index (χ0v) is 16.6. The monoisotopic (exact) mass is 414 g/mol. The number of amides is 2. The average molecular weight is 415 g/mol. The molecule has 0 aliphatic heterocycles. The number of methoxy groups -OCH3 is 1. The van der Waals surface area contributed by atoms with E-state index in [1.165, 1.54) is 0 Å². The Morgan fingerprint density at radius 1 is 1.17 bits per heavy atom. The molecule has 0 unspecified atom stereocenters. The number of aromatic nitrogens is 2. The predicted molar refractivity (Wildman–Crippen MR) is 107 cm³/mol. The maximum Gasteiger partial charge on any atom is 0.253 e. The minimum absolute atomic E-state index is 0.220. The molecule has 3 aromatic rings. The van der Waals surface area contributed by atoms with E-state index in [0.29, 0.717) is 27.7 Å². The molecule has 0 saturated carbocycles. The van der Waals surface area contributed by atoms with Crippen molar-refractivity contribution in [3.63, 3.8) is 0 Å². The van der Waals surface area contributed by atoms with Gasteiger partial charge < -0.3 is 19.9 Å². The van der Waals surface area contributed by atoms with Gasteiger partial charge in [-0.15, -0.1) is 0 Å². The Kier molecular flexibility index (Phi) is 6.46. The second-order valence-corrected chi connectivity index (χ2v) is 6.52. The largest absolute Gasteiger partial charge is 0.496 e. The van der Waals surface area contributed by atoms with Gasteiger partial charge in [0.15, 0.2) is 0 Å². The number of para-hydroxylation sites is 1. The van der Waals surface area contributed by atoms with Crippen molar-refractivity contribution in [3.8, 4) is 17.1 Å². The van der Waals surface area contributed by atoms with E-state index in [1.807, 2.05) is 12.1 Å². The molecule has 150 valence electrons. The topological polar surface area (TPSA) is 106 Å². The van der Waals surface area contributed by atoms with Crippen LogP contribution < -0.4 is 15.4 Å². The van der Waals surface area contributed by atoms with Crippen molar-refractivity contribution in [3.05, 3.63) is 65.0 Å². The van der Waals surface area contributed by atoms with Crippen molar-refractivity contribution >= 4 is 23.4 Å². The summed E-state index contributed by atoms with van der Waals surface area (Å²) in [5.41, 5.74) is 0.976. The summed E-state index contributed by atoms with van der Waals surface area (Å²) in [6.07, 6.45) is 0. The van der Waals surface area contributed by atoms with Crippen molar-refractivity contribution in [1.29, 1.82) is 0 Å². The Labute approximate surface area is 172 Å². The molecule has 2 N–H and O–H groups in total. The lowest BCUT2D eigenvalue weighted by molar-refractivity contribution is -0.120. The van der Waals surface area contributed by atoms with Crippen LogP contribution in [0.5, 0.6) is 5.75 Å². The lowest BCUT2D eigenvalue weighted by Crippen LogP contribution is -2.38. The first-order chi connectivity index (χ1) is 14.0. The quantitative estimate of drug-likeness (QED) is 0.615. The lowest BCUT2D eigenvalue weighted by Gasteiger charge is -2.11. The molecule has 0 radical (unpaired) electrons. The van der Waals surface area contributed by atoms with Gasteiger partial charge in [-0.05, 0) is 31.2 Å². The third-order valence-electron chi connectivity index (χ3n) is 4.07. The molecule has 0 bridgehead atoms. The van der Waals surface area contributed by atoms with Crippen LogP contribution in [0.2, 0.25) is 5.02 Å². The molecule has 1 atom stereocenters. The van der Waals surface area contributed by atoms with E-state index in [2.05, 4.69) is 20.8 Å². The number of nitrogens with one attached hydrogen (secondary N) is 2. The van der Waals surface area contributed by atoms with Gasteiger partial charge in [0.05, 0.1) is 29.8 Å². The summed E-state index contributed by atoms with van der Waals surface area (Å²) in [6, 6.07) is 13.3. The Bertz CT molecular complexity index is 1020. The van der Waals surface area contributed by atoms with Crippen LogP contribution in [-0.4, -0.2) is 35.6 Å². The van der Waals surface area contributed by atoms with Gasteiger partial charge in [0.2, 0.25) is 17.6 Å². The van der Waals surface area contributed by atoms with Crippen LogP contribution in [0, 0.1) is 0 Å². The van der Waals surface area contributed by atoms with Gasteiger partial charge in [0.25, 0.3) is 5.91 Å². The molecule has 0 spiro atoms. The van der Waals surface area contributed by atoms with Gasteiger partial charge in [0, 0.05) is 0 Å². The zero-order valence-electron chi connectivity index (χ0n) is 15.8. The van der Waals surface area contributed by atoms with E-state index in [0.717, 1.165) is 0 Å². The fourth-order valence-corrected chi connectivity index (χ4v) is 2.83. The van der Waals surface area contributed by atoms with Gasteiger partial charge in [-0.25, -0.2) is 0 Å². The fraction of sp³-hybridized carbons (Fsp3) is 0.200. The van der Waals surface area contributed by atoms with Crippen LogP contribution in [0.25, 0.3) is 11.4 Å². The van der Waals surface area contributed by atoms with Gasteiger partial charge in [-0.3, -0.25) is 9.59 Å². The Balaban J connectivity index is 1.58. The maximum absolute atomic E-state index is 12.2. The number of carbonyl (C=O) groups is 2. The predicted octanol–water partition coefficient (Wildman–Crippen LogP) is 3.01. The molecular formula is C20H19ClN4O4. The van der Waals surface area contributed by atoms with Crippen molar-refractivity contribution < 1.29 is 18.8 Å². The molecule has 1 aromatic heterocycles. The molecule has 3 rings (SSSR count). The molecule has 8 nitrogen and oxygen atoms in total. The minimum atomic E-state index is -0.546. The molecule has 0 aliphatic rings. The normalized spacial score (nSPS) is 11.6. The first-order valence-corrected chi connectivity index (χ1v) is 9.16. The van der Waals surface area contributed by atoms with Gasteiger partial charge >= 0.3 is 0 Å². The van der Waals surface area contributed by atoms with Crippen LogP contribution in [0.4, 0.5) is 0 Å². The standard InChI is InChI=1S/C20H19ClN4O4/c1-12(20-24-18(25-29-20)14-8-4-6-10-16(14)28-2)23-17(26)11-22-19(27)13-7-3-5-9-15(13)21/h3-10,12H,11H2,1-2H3,(H,22,27)(H,23,26)/t12-/m0/s1. The molecule has 0 aliphatic carbocycles. The van der Waals surface area contributed by atoms with Crippen LogP contribution >= 0.6 is 11.6 Å². The van der Waals surface area contributed by atoms with E-state index in [1.54, 1.807) is 50.4 Å². The number of benzene rings is 2. The molecule has 29 heavy (non-hydrogen) atoms. The highest BCUT2D eigenvalue weighted by Gasteiger charge is 2.19. The average Bonchev–Trinajstić information content (AvgIpc) is 3.22. The third kappa shape index (κ3) is 4.91. The van der Waals surface area contributed by atoms with Crippen LogP contribution in [0.3, 0.4) is 0 Å². The number of carbonyl (C=O) groups excluding carboxylic acids is 2. The first-order valence-electron chi connectivity index (χ1n) is 8.78. The lowest BCUT2D eigenvalue weighted by atomic mass is 10.2. The Morgan fingerprint density at radius 3 is 2.66 bits per heavy atom. The van der Waals surface area contributed by atoms with Gasteiger partial charge in [0.1, 0.15) is 11.8 Å². The molecule has 2 amide bonds. The summed E-state index contributed by atoms with van der Waals surface area (Å²) in [7, 11) is 1.56. The molecule has 0 fully saturated rings. The van der Waals surface area contributed by atoms with E-state index >= 15 is 0 Å². The highest BCUT2D eigenvalue weighted by atomic mass is 35.5. The van der Waals surface area contributed by atoms with Crippen LogP contribution in [0.1, 0.15) is 29.2 Å². The van der Waals surface area contributed by atoms with Crippen molar-refractivity contribution in [2.24, 2.45) is 0 Å². The highest BCUT2D eigenvalue weighted by molar-refractivity contribution is 6.33. The first kappa shape index (κ1) is 20.3. The number of halogens is 1. The highest BCUT2D eigenvalue weighted by Crippen LogP contribution is 2.27. The van der Waals surface area contributed by atoms with Crippen LogP contribution in [0.15, 0.2) is 53.1 Å². The van der Waals surface area contributed by atoms with E-state index in [4.69, 9.17) is 20.9 Å². The number of nitrogens with zero attached hydrogens (tertiary/aromatic N) is 2. The number of rotatable bonds is 7. The fourth-order valence-electron chi connectivity index (χ4n) is 2.61. The SMILES string of the molecule is COc1ccccc1-c1noc([C@H](C)NC(=O)CNC(=O)c2ccccc2Cl)n1. The van der Waals surface area contributed by atoms with E-state index in [-0.39, 0.29) is 12.4 Å². The zero-order chi connectivity index (χ0) is 20.8. The van der Waals surface area contributed by atoms with Crippen molar-refractivity contribution in [2.45, 2.75) is 13.0 Å². The molecule has 9 heteroatoms. The van der Waals surface area contributed by atoms with E-state index < -0.39 is 17.9 Å². The summed E-state index contributed by atoms with van der Waals surface area (Å²) in [5, 5.41) is 9.48. The molecule has 1 heterocycles. The summed E-state index contributed by atoms with van der Waals surface area (Å²) in [6.45, 7) is 1.48. The number of ether oxygens (including phenoxy) is 1. The molecule has 2 aromatic carbocycles. The molecule has 0 saturated heterocycles. The summed E-state index contributed by atoms with van der Waals surface area (Å²) >= 11 is 5.98. The van der Waals surface area contributed by atoms with E-state index in [9.17, 15) is 9.59 Å². The second kappa shape index (κ2) is 9.20. The Morgan fingerprint density at radius 2 is 1.90 bits per heavy atom. The minimum Gasteiger partial charge on any atom is -0.496 e. The number of hydrogen-bond acceptors (Lipinski definition) is 6. The second-order valence-electron chi connectivity index (χ2n) is 6.11. The van der Waals surface area contributed by atoms with Crippen LogP contribution in [-0.2, 0) is 4.79 Å². The van der Waals surface area contributed by atoms with Crippen molar-refractivity contribution in [1.82, 2.24) is 20.8 Å². The number of hydrogen-bond donors (Lipinski definition) is 2. The van der Waals surface area contributed by atoms with Crippen molar-refractivity contribution in [2.75, 3.05) is 13.7 Å². The summed E-state index contributed by atoms with van der Waals surface area (Å²) < 4.78 is 10.5. The maximum atomic E-state index is 12.2. The molecular weight excluding hydrogens is 396 g/mol. The van der Waals surface area contributed by atoms with Gasteiger partial charge in [-0.1, -0.05) is 41.0 Å². The smallest absolute Gasteiger partial charge is 0.253 e.